The largest absolute Gasteiger partial charge is 0.481 e. The Morgan fingerprint density at radius 1 is 1.02 bits per heavy atom. The summed E-state index contributed by atoms with van der Waals surface area (Å²) in [7, 11) is 0.394. The predicted octanol–water partition coefficient (Wildman–Crippen LogP) is 5.01. The van der Waals surface area contributed by atoms with Crippen molar-refractivity contribution >= 4 is 61.8 Å². The number of carboxylic acids is 1. The molecule has 3 aromatic carbocycles. The zero-order chi connectivity index (χ0) is 29.7. The van der Waals surface area contributed by atoms with Crippen LogP contribution in [-0.2, 0) is 26.0 Å². The zero-order valence-corrected chi connectivity index (χ0v) is 24.7. The van der Waals surface area contributed by atoms with Gasteiger partial charge in [-0.1, -0.05) is 35.9 Å². The molecule has 1 amide bonds. The molecular formula is C30H33ClN4O5S. The molecule has 9 nitrogen and oxygen atoms in total. The minimum absolute atomic E-state index is 0.0164. The highest BCUT2D eigenvalue weighted by molar-refractivity contribution is 7.92. The van der Waals surface area contributed by atoms with Crippen molar-refractivity contribution in [2.75, 3.05) is 48.4 Å². The molecule has 0 aromatic heterocycles. The first-order valence-electron chi connectivity index (χ1n) is 13.1. The van der Waals surface area contributed by atoms with Gasteiger partial charge < -0.3 is 20.6 Å². The number of nitrogens with zero attached hydrogens (tertiary/aromatic N) is 2. The lowest BCUT2D eigenvalue weighted by atomic mass is 9.97. The molecule has 0 radical (unpaired) electrons. The number of fused-ring (bicyclic) bond motifs is 1. The first kappa shape index (κ1) is 30.1. The van der Waals surface area contributed by atoms with Crippen molar-refractivity contribution < 1.29 is 23.1 Å². The SMILES string of the molecule is CN(C)CCCN(c1ccc(NC(=C2C(=O)Nc3cc(Cl)ccc32)c2cccc(CCC(=O)O)c2)cc1)S(C)(=O)=O. The quantitative estimate of drug-likeness (QED) is 0.252. The van der Waals surface area contributed by atoms with Gasteiger partial charge in [0, 0.05) is 29.2 Å². The number of nitrogens with one attached hydrogen (secondary N) is 2. The van der Waals surface area contributed by atoms with Gasteiger partial charge in [-0.15, -0.1) is 0 Å². The zero-order valence-electron chi connectivity index (χ0n) is 23.1. The highest BCUT2D eigenvalue weighted by atomic mass is 35.5. The molecule has 0 spiro atoms. The molecule has 0 saturated carbocycles. The van der Waals surface area contributed by atoms with Crippen molar-refractivity contribution in [2.45, 2.75) is 19.3 Å². The van der Waals surface area contributed by atoms with Crippen molar-refractivity contribution in [1.29, 1.82) is 0 Å². The van der Waals surface area contributed by atoms with E-state index in [1.165, 1.54) is 10.6 Å². The maximum Gasteiger partial charge on any atom is 0.303 e. The van der Waals surface area contributed by atoms with Crippen LogP contribution in [0.2, 0.25) is 5.02 Å². The summed E-state index contributed by atoms with van der Waals surface area (Å²) in [4.78, 5) is 26.4. The Balaban J connectivity index is 1.73. The number of anilines is 3. The Hall–Kier alpha value is -3.86. The van der Waals surface area contributed by atoms with Crippen LogP contribution in [0.3, 0.4) is 0 Å². The molecule has 4 rings (SSSR count). The summed E-state index contributed by atoms with van der Waals surface area (Å²) in [6.45, 7) is 1.10. The number of carbonyl (C=O) groups is 2. The maximum absolute atomic E-state index is 13.2. The van der Waals surface area contributed by atoms with E-state index in [2.05, 4.69) is 10.6 Å². The van der Waals surface area contributed by atoms with Crippen LogP contribution in [0.4, 0.5) is 17.1 Å². The van der Waals surface area contributed by atoms with Gasteiger partial charge in [-0.05, 0) is 87.1 Å². The monoisotopic (exact) mass is 596 g/mol. The second kappa shape index (κ2) is 12.8. The molecule has 0 saturated heterocycles. The normalized spacial score (nSPS) is 14.0. The second-order valence-corrected chi connectivity index (χ2v) is 12.5. The lowest BCUT2D eigenvalue weighted by Crippen LogP contribution is -2.32. The van der Waals surface area contributed by atoms with Crippen molar-refractivity contribution in [1.82, 2.24) is 4.90 Å². The van der Waals surface area contributed by atoms with Crippen LogP contribution in [0.5, 0.6) is 0 Å². The van der Waals surface area contributed by atoms with E-state index in [9.17, 15) is 18.0 Å². The van der Waals surface area contributed by atoms with E-state index >= 15 is 0 Å². The summed E-state index contributed by atoms with van der Waals surface area (Å²) < 4.78 is 26.4. The van der Waals surface area contributed by atoms with Crippen LogP contribution in [-0.4, -0.2) is 63.7 Å². The number of hydrogen-bond donors (Lipinski definition) is 3. The number of carboxylic acid groups (broad SMARTS) is 1. The highest BCUT2D eigenvalue weighted by Crippen LogP contribution is 2.39. The minimum Gasteiger partial charge on any atom is -0.481 e. The molecular weight excluding hydrogens is 564 g/mol. The van der Waals surface area contributed by atoms with Crippen LogP contribution in [0, 0.1) is 0 Å². The van der Waals surface area contributed by atoms with Gasteiger partial charge in [0.05, 0.1) is 28.9 Å². The van der Waals surface area contributed by atoms with Gasteiger partial charge >= 0.3 is 5.97 Å². The van der Waals surface area contributed by atoms with E-state index < -0.39 is 16.0 Å². The average Bonchev–Trinajstić information content (AvgIpc) is 3.22. The summed E-state index contributed by atoms with van der Waals surface area (Å²) in [5.41, 5.74) is 4.92. The maximum atomic E-state index is 13.2. The fraction of sp³-hybridized carbons (Fsp3) is 0.267. The number of amides is 1. The number of sulfonamides is 1. The molecule has 3 aromatic rings. The molecule has 11 heteroatoms. The predicted molar refractivity (Wildman–Crippen MR) is 165 cm³/mol. The molecule has 41 heavy (non-hydrogen) atoms. The van der Waals surface area contributed by atoms with Crippen LogP contribution in [0.25, 0.3) is 11.3 Å². The molecule has 1 aliphatic heterocycles. The van der Waals surface area contributed by atoms with Gasteiger partial charge in [0.15, 0.2) is 0 Å². The summed E-state index contributed by atoms with van der Waals surface area (Å²) in [6.07, 6.45) is 2.19. The number of aliphatic carboxylic acids is 1. The van der Waals surface area contributed by atoms with Crippen molar-refractivity contribution in [2.24, 2.45) is 0 Å². The Labute approximate surface area is 245 Å². The van der Waals surface area contributed by atoms with Crippen LogP contribution >= 0.6 is 11.6 Å². The molecule has 1 heterocycles. The summed E-state index contributed by atoms with van der Waals surface area (Å²) >= 11 is 6.17. The van der Waals surface area contributed by atoms with Gasteiger partial charge in [-0.2, -0.15) is 0 Å². The lowest BCUT2D eigenvalue weighted by Gasteiger charge is -2.24. The standard InChI is InChI=1S/C30H33ClN4O5S/c1-34(2)16-5-17-35(41(3,39)40)24-12-10-23(11-13-24)32-29(21-7-4-6-20(18-21)8-15-27(36)37)28-25-14-9-22(31)19-26(25)33-30(28)38/h4,6-7,9-14,18-19,32H,5,8,15-17H2,1-3H3,(H,33,38)(H,36,37). The molecule has 0 fully saturated rings. The van der Waals surface area contributed by atoms with E-state index in [-0.39, 0.29) is 12.3 Å². The first-order chi connectivity index (χ1) is 19.4. The molecule has 1 aliphatic rings. The fourth-order valence-electron chi connectivity index (χ4n) is 4.68. The topological polar surface area (TPSA) is 119 Å². The number of hydrogen-bond acceptors (Lipinski definition) is 6. The third-order valence-electron chi connectivity index (χ3n) is 6.61. The average molecular weight is 597 g/mol. The first-order valence-corrected chi connectivity index (χ1v) is 15.3. The van der Waals surface area contributed by atoms with E-state index in [4.69, 9.17) is 16.7 Å². The Bertz CT molecular complexity index is 1590. The molecule has 0 unspecified atom stereocenters. The molecule has 0 bridgehead atoms. The van der Waals surface area contributed by atoms with E-state index in [0.29, 0.717) is 63.9 Å². The summed E-state index contributed by atoms with van der Waals surface area (Å²) in [5.74, 6) is -1.19. The molecule has 3 N–H and O–H groups in total. The minimum atomic E-state index is -3.49. The van der Waals surface area contributed by atoms with Crippen LogP contribution in [0.15, 0.2) is 66.7 Å². The number of aryl methyl sites for hydroxylation is 1. The van der Waals surface area contributed by atoms with E-state index in [1.807, 2.05) is 43.3 Å². The number of rotatable bonds is 12. The summed E-state index contributed by atoms with van der Waals surface area (Å²) in [5, 5.41) is 15.9. The number of halogens is 1. The van der Waals surface area contributed by atoms with Crippen molar-refractivity contribution in [3.8, 4) is 0 Å². The Morgan fingerprint density at radius 2 is 1.76 bits per heavy atom. The van der Waals surface area contributed by atoms with Crippen molar-refractivity contribution in [3.63, 3.8) is 0 Å². The molecule has 216 valence electrons. The number of carbonyl (C=O) groups excluding carboxylic acids is 1. The van der Waals surface area contributed by atoms with E-state index in [0.717, 1.165) is 12.1 Å². The third-order valence-corrected chi connectivity index (χ3v) is 8.04. The van der Waals surface area contributed by atoms with Gasteiger partial charge in [0.25, 0.3) is 5.91 Å². The Morgan fingerprint density at radius 3 is 2.41 bits per heavy atom. The fourth-order valence-corrected chi connectivity index (χ4v) is 5.82. The van der Waals surface area contributed by atoms with Gasteiger partial charge in [-0.3, -0.25) is 13.9 Å². The van der Waals surface area contributed by atoms with Gasteiger partial charge in [0.1, 0.15) is 0 Å². The van der Waals surface area contributed by atoms with Crippen LogP contribution < -0.4 is 14.9 Å². The second-order valence-electron chi connectivity index (χ2n) is 10.2. The highest BCUT2D eigenvalue weighted by Gasteiger charge is 2.29. The smallest absolute Gasteiger partial charge is 0.303 e. The number of benzene rings is 3. The van der Waals surface area contributed by atoms with Gasteiger partial charge in [0.2, 0.25) is 10.0 Å². The van der Waals surface area contributed by atoms with Crippen LogP contribution in [0.1, 0.15) is 29.5 Å². The Kier molecular flexibility index (Phi) is 9.37. The summed E-state index contributed by atoms with van der Waals surface area (Å²) in [6, 6.07) is 19.6. The van der Waals surface area contributed by atoms with Crippen molar-refractivity contribution in [3.05, 3.63) is 88.4 Å². The lowest BCUT2D eigenvalue weighted by molar-refractivity contribution is -0.137. The van der Waals surface area contributed by atoms with Gasteiger partial charge in [-0.25, -0.2) is 8.42 Å². The third kappa shape index (κ3) is 7.66. The van der Waals surface area contributed by atoms with E-state index in [1.54, 1.807) is 42.5 Å². The molecule has 0 atom stereocenters. The molecule has 0 aliphatic carbocycles.